The van der Waals surface area contributed by atoms with E-state index in [2.05, 4.69) is 10.2 Å². The Kier molecular flexibility index (Phi) is 2.25. The van der Waals surface area contributed by atoms with Gasteiger partial charge in [-0.15, -0.1) is 10.2 Å². The van der Waals surface area contributed by atoms with E-state index in [1.807, 2.05) is 43.3 Å². The Morgan fingerprint density at radius 2 is 1.71 bits per heavy atom. The molecule has 0 radical (unpaired) electrons. The molecule has 72 valence electrons. The zero-order valence-corrected chi connectivity index (χ0v) is 8.78. The average molecular weight is 208 g/mol. The molecule has 0 saturated heterocycles. The molecule has 0 bridgehead atoms. The van der Waals surface area contributed by atoms with E-state index < -0.39 is 0 Å². The molecule has 2 aromatic rings. The van der Waals surface area contributed by atoms with Gasteiger partial charge in [-0.25, -0.2) is 0 Å². The third-order valence-electron chi connectivity index (χ3n) is 2.05. The Morgan fingerprint density at radius 3 is 2.36 bits per heavy atom. The summed E-state index contributed by atoms with van der Waals surface area (Å²) in [6.45, 7) is 0. The molecule has 0 atom stereocenters. The highest BCUT2D eigenvalue weighted by molar-refractivity contribution is 6.34. The monoisotopic (exact) mass is 207 g/mol. The Balaban J connectivity index is 2.82. The van der Waals surface area contributed by atoms with Crippen LogP contribution >= 0.6 is 11.6 Å². The van der Waals surface area contributed by atoms with Crippen LogP contribution in [0.25, 0.3) is 10.8 Å². The summed E-state index contributed by atoms with van der Waals surface area (Å²) in [7, 11) is 3.87. The third-order valence-corrected chi connectivity index (χ3v) is 2.33. The van der Waals surface area contributed by atoms with E-state index in [-0.39, 0.29) is 0 Å². The molecule has 1 aromatic heterocycles. The fourth-order valence-corrected chi connectivity index (χ4v) is 1.59. The highest BCUT2D eigenvalue weighted by atomic mass is 35.5. The average Bonchev–Trinajstić information content (AvgIpc) is 2.18. The summed E-state index contributed by atoms with van der Waals surface area (Å²) in [5.74, 6) is 0.838. The highest BCUT2D eigenvalue weighted by Crippen LogP contribution is 2.26. The van der Waals surface area contributed by atoms with E-state index >= 15 is 0 Å². The fourth-order valence-electron chi connectivity index (χ4n) is 1.39. The lowest BCUT2D eigenvalue weighted by atomic mass is 10.2. The Hall–Kier alpha value is -1.35. The maximum absolute atomic E-state index is 5.94. The van der Waals surface area contributed by atoms with Gasteiger partial charge in [-0.1, -0.05) is 35.9 Å². The molecule has 1 heterocycles. The first-order chi connectivity index (χ1) is 6.70. The normalized spacial score (nSPS) is 10.5. The Bertz CT molecular complexity index is 468. The van der Waals surface area contributed by atoms with Gasteiger partial charge < -0.3 is 4.90 Å². The van der Waals surface area contributed by atoms with Crippen molar-refractivity contribution in [2.75, 3.05) is 19.0 Å². The van der Waals surface area contributed by atoms with Gasteiger partial charge in [-0.3, -0.25) is 0 Å². The smallest absolute Gasteiger partial charge is 0.159 e. The van der Waals surface area contributed by atoms with E-state index in [9.17, 15) is 0 Å². The lowest BCUT2D eigenvalue weighted by Crippen LogP contribution is -2.11. The molecule has 0 N–H and O–H groups in total. The van der Waals surface area contributed by atoms with Crippen LogP contribution in [0.1, 0.15) is 0 Å². The number of hydrogen-bond acceptors (Lipinski definition) is 3. The largest absolute Gasteiger partial charge is 0.361 e. The highest BCUT2D eigenvalue weighted by Gasteiger charge is 2.07. The van der Waals surface area contributed by atoms with Crippen molar-refractivity contribution in [2.45, 2.75) is 0 Å². The molecule has 1 aromatic carbocycles. The summed E-state index contributed by atoms with van der Waals surface area (Å²) in [5.41, 5.74) is 0. The van der Waals surface area contributed by atoms with E-state index in [4.69, 9.17) is 11.6 Å². The third kappa shape index (κ3) is 1.40. The topological polar surface area (TPSA) is 29.0 Å². The minimum absolute atomic E-state index is 0.450. The van der Waals surface area contributed by atoms with Crippen LogP contribution in [0.5, 0.6) is 0 Å². The fraction of sp³-hybridized carbons (Fsp3) is 0.200. The van der Waals surface area contributed by atoms with Crippen molar-refractivity contribution in [3.05, 3.63) is 29.4 Å². The van der Waals surface area contributed by atoms with Crippen molar-refractivity contribution in [3.8, 4) is 0 Å². The first-order valence-corrected chi connectivity index (χ1v) is 4.66. The number of nitrogens with zero attached hydrogens (tertiary/aromatic N) is 3. The number of rotatable bonds is 1. The summed E-state index contributed by atoms with van der Waals surface area (Å²) >= 11 is 5.94. The molecule has 2 rings (SSSR count). The molecule has 3 nitrogen and oxygen atoms in total. The predicted molar refractivity (Wildman–Crippen MR) is 58.9 cm³/mol. The number of hydrogen-bond donors (Lipinski definition) is 0. The van der Waals surface area contributed by atoms with Crippen LogP contribution in [0.4, 0.5) is 5.82 Å². The van der Waals surface area contributed by atoms with Gasteiger partial charge in [0.1, 0.15) is 0 Å². The van der Waals surface area contributed by atoms with Gasteiger partial charge in [0.05, 0.1) is 0 Å². The predicted octanol–water partition coefficient (Wildman–Crippen LogP) is 2.35. The summed E-state index contributed by atoms with van der Waals surface area (Å²) in [5, 5.41) is 10.4. The van der Waals surface area contributed by atoms with Gasteiger partial charge in [-0.2, -0.15) is 0 Å². The maximum atomic E-state index is 5.94. The summed E-state index contributed by atoms with van der Waals surface area (Å²) in [4.78, 5) is 1.92. The van der Waals surface area contributed by atoms with Crippen molar-refractivity contribution in [1.29, 1.82) is 0 Å². The molecular weight excluding hydrogens is 198 g/mol. The van der Waals surface area contributed by atoms with Crippen LogP contribution in [-0.4, -0.2) is 24.3 Å². The van der Waals surface area contributed by atoms with Crippen LogP contribution in [0.15, 0.2) is 24.3 Å². The van der Waals surface area contributed by atoms with Crippen LogP contribution in [0, 0.1) is 0 Å². The lowest BCUT2D eigenvalue weighted by Gasteiger charge is -2.13. The number of benzene rings is 1. The van der Waals surface area contributed by atoms with Crippen molar-refractivity contribution in [1.82, 2.24) is 10.2 Å². The van der Waals surface area contributed by atoms with Crippen molar-refractivity contribution >= 4 is 28.2 Å². The zero-order chi connectivity index (χ0) is 10.1. The number of aromatic nitrogens is 2. The van der Waals surface area contributed by atoms with Crippen LogP contribution in [-0.2, 0) is 0 Å². The number of anilines is 1. The van der Waals surface area contributed by atoms with Gasteiger partial charge in [0.15, 0.2) is 11.0 Å². The van der Waals surface area contributed by atoms with Crippen LogP contribution < -0.4 is 4.90 Å². The second-order valence-corrected chi connectivity index (χ2v) is 3.61. The molecule has 0 saturated carbocycles. The van der Waals surface area contributed by atoms with Crippen LogP contribution in [0.3, 0.4) is 0 Å². The standard InChI is InChI=1S/C10H10ClN3/c1-14(2)10-8-6-4-3-5-7(8)9(11)12-13-10/h3-6H,1-2H3. The van der Waals surface area contributed by atoms with Crippen molar-refractivity contribution < 1.29 is 0 Å². The van der Waals surface area contributed by atoms with E-state index in [1.54, 1.807) is 0 Å². The Labute approximate surface area is 87.3 Å². The summed E-state index contributed by atoms with van der Waals surface area (Å²) < 4.78 is 0. The molecule has 0 aliphatic carbocycles. The van der Waals surface area contributed by atoms with E-state index in [0.29, 0.717) is 5.15 Å². The Morgan fingerprint density at radius 1 is 1.07 bits per heavy atom. The van der Waals surface area contributed by atoms with Gasteiger partial charge in [0, 0.05) is 24.9 Å². The van der Waals surface area contributed by atoms with Gasteiger partial charge in [0.2, 0.25) is 0 Å². The maximum Gasteiger partial charge on any atom is 0.159 e. The molecule has 0 aliphatic heterocycles. The quantitative estimate of drug-likeness (QED) is 0.719. The minimum Gasteiger partial charge on any atom is -0.361 e. The van der Waals surface area contributed by atoms with Gasteiger partial charge >= 0.3 is 0 Å². The second kappa shape index (κ2) is 3.42. The SMILES string of the molecule is CN(C)c1nnc(Cl)c2ccccc12. The molecule has 0 amide bonds. The summed E-state index contributed by atoms with van der Waals surface area (Å²) in [6, 6.07) is 7.84. The second-order valence-electron chi connectivity index (χ2n) is 3.25. The molecule has 4 heteroatoms. The van der Waals surface area contributed by atoms with Crippen molar-refractivity contribution in [3.63, 3.8) is 0 Å². The minimum atomic E-state index is 0.450. The number of halogens is 1. The molecular formula is C10H10ClN3. The lowest BCUT2D eigenvalue weighted by molar-refractivity contribution is 0.981. The molecule has 0 spiro atoms. The summed E-state index contributed by atoms with van der Waals surface area (Å²) in [6.07, 6.45) is 0. The molecule has 0 unspecified atom stereocenters. The molecule has 14 heavy (non-hydrogen) atoms. The van der Waals surface area contributed by atoms with E-state index in [1.165, 1.54) is 0 Å². The van der Waals surface area contributed by atoms with Gasteiger partial charge in [0.25, 0.3) is 0 Å². The van der Waals surface area contributed by atoms with E-state index in [0.717, 1.165) is 16.6 Å². The van der Waals surface area contributed by atoms with Crippen LogP contribution in [0.2, 0.25) is 5.15 Å². The number of fused-ring (bicyclic) bond motifs is 1. The van der Waals surface area contributed by atoms with Crippen molar-refractivity contribution in [2.24, 2.45) is 0 Å². The van der Waals surface area contributed by atoms with Gasteiger partial charge in [-0.05, 0) is 0 Å². The first kappa shape index (κ1) is 9.21. The zero-order valence-electron chi connectivity index (χ0n) is 8.03. The molecule has 0 aliphatic rings. The first-order valence-electron chi connectivity index (χ1n) is 4.28. The molecule has 0 fully saturated rings.